The minimum atomic E-state index is 0.530. The van der Waals surface area contributed by atoms with E-state index in [0.717, 1.165) is 18.0 Å². The summed E-state index contributed by atoms with van der Waals surface area (Å²) < 4.78 is 0. The van der Waals surface area contributed by atoms with Crippen LogP contribution in [0.15, 0.2) is 30.3 Å². The van der Waals surface area contributed by atoms with Crippen LogP contribution in [0.1, 0.15) is 34.5 Å². The molecule has 1 N–H and O–H groups in total. The summed E-state index contributed by atoms with van der Waals surface area (Å²) in [7, 11) is 0. The van der Waals surface area contributed by atoms with E-state index in [0.29, 0.717) is 6.04 Å². The Balaban J connectivity index is 1.76. The van der Waals surface area contributed by atoms with Gasteiger partial charge in [-0.2, -0.15) is 0 Å². The van der Waals surface area contributed by atoms with Gasteiger partial charge >= 0.3 is 0 Å². The minimum Gasteiger partial charge on any atom is -0.309 e. The molecule has 0 aliphatic heterocycles. The summed E-state index contributed by atoms with van der Waals surface area (Å²) in [5, 5.41) is 4.75. The third kappa shape index (κ3) is 4.44. The van der Waals surface area contributed by atoms with E-state index in [1.165, 1.54) is 22.6 Å². The quantitative estimate of drug-likeness (QED) is 0.865. The molecule has 0 radical (unpaired) electrons. The molecule has 0 amide bonds. The number of nitrogens with zero attached hydrogens (tertiary/aromatic N) is 1. The predicted octanol–water partition coefficient (Wildman–Crippen LogP) is 3.87. The van der Waals surface area contributed by atoms with Crippen LogP contribution in [0.5, 0.6) is 0 Å². The molecule has 3 heteroatoms. The first kappa shape index (κ1) is 14.2. The fourth-order valence-electron chi connectivity index (χ4n) is 2.13. The van der Waals surface area contributed by atoms with Gasteiger partial charge in [0, 0.05) is 17.5 Å². The highest BCUT2D eigenvalue weighted by Crippen LogP contribution is 2.17. The number of thiazole rings is 1. The number of nitrogens with one attached hydrogen (secondary N) is 1. The van der Waals surface area contributed by atoms with Crippen molar-refractivity contribution < 1.29 is 0 Å². The minimum absolute atomic E-state index is 0.530. The van der Waals surface area contributed by atoms with Gasteiger partial charge in [-0.3, -0.25) is 0 Å². The Morgan fingerprint density at radius 1 is 1.21 bits per heavy atom. The maximum atomic E-state index is 4.46. The molecule has 0 saturated heterocycles. The Kier molecular flexibility index (Phi) is 5.11. The lowest BCUT2D eigenvalue weighted by atomic mass is 10.1. The molecule has 0 bridgehead atoms. The Labute approximate surface area is 119 Å². The summed E-state index contributed by atoms with van der Waals surface area (Å²) in [6.45, 7) is 7.36. The zero-order valence-corrected chi connectivity index (χ0v) is 12.8. The van der Waals surface area contributed by atoms with Crippen LogP contribution in [0.2, 0.25) is 0 Å². The van der Waals surface area contributed by atoms with Crippen LogP contribution in [0.3, 0.4) is 0 Å². The SMILES string of the molecule is Cc1nc(C)c(CNC(C)CCc2ccccc2)s1. The van der Waals surface area contributed by atoms with E-state index >= 15 is 0 Å². The van der Waals surface area contributed by atoms with Crippen molar-refractivity contribution in [2.75, 3.05) is 0 Å². The van der Waals surface area contributed by atoms with Gasteiger partial charge in [0.15, 0.2) is 0 Å². The van der Waals surface area contributed by atoms with E-state index in [1.54, 1.807) is 11.3 Å². The third-order valence-corrected chi connectivity index (χ3v) is 4.39. The summed E-state index contributed by atoms with van der Waals surface area (Å²) in [6.07, 6.45) is 2.30. The molecule has 2 nitrogen and oxygen atoms in total. The molecule has 0 saturated carbocycles. The normalized spacial score (nSPS) is 12.6. The van der Waals surface area contributed by atoms with Crippen molar-refractivity contribution in [1.29, 1.82) is 0 Å². The monoisotopic (exact) mass is 274 g/mol. The molecule has 1 heterocycles. The van der Waals surface area contributed by atoms with E-state index < -0.39 is 0 Å². The molecule has 102 valence electrons. The molecule has 0 aliphatic carbocycles. The van der Waals surface area contributed by atoms with Crippen LogP contribution in [0.4, 0.5) is 0 Å². The molecule has 2 aromatic rings. The maximum absolute atomic E-state index is 4.46. The van der Waals surface area contributed by atoms with E-state index in [4.69, 9.17) is 0 Å². The van der Waals surface area contributed by atoms with Crippen LogP contribution >= 0.6 is 11.3 Å². The lowest BCUT2D eigenvalue weighted by molar-refractivity contribution is 0.516. The van der Waals surface area contributed by atoms with E-state index in [-0.39, 0.29) is 0 Å². The Morgan fingerprint density at radius 2 is 1.95 bits per heavy atom. The number of rotatable bonds is 6. The second-order valence-corrected chi connectivity index (χ2v) is 6.34. The zero-order valence-electron chi connectivity index (χ0n) is 11.9. The molecule has 0 aliphatic rings. The first-order valence-corrected chi connectivity index (χ1v) is 7.67. The molecule has 1 aromatic carbocycles. The molecule has 1 unspecified atom stereocenters. The summed E-state index contributed by atoms with van der Waals surface area (Å²) in [5.41, 5.74) is 2.59. The van der Waals surface area contributed by atoms with Gasteiger partial charge in [0.1, 0.15) is 0 Å². The average molecular weight is 274 g/mol. The van der Waals surface area contributed by atoms with Crippen molar-refractivity contribution in [3.8, 4) is 0 Å². The highest BCUT2D eigenvalue weighted by molar-refractivity contribution is 7.11. The number of aromatic nitrogens is 1. The average Bonchev–Trinajstić information content (AvgIpc) is 2.73. The molecular formula is C16H22N2S. The van der Waals surface area contributed by atoms with Crippen LogP contribution in [0.25, 0.3) is 0 Å². The summed E-state index contributed by atoms with van der Waals surface area (Å²) in [6, 6.07) is 11.2. The first-order valence-electron chi connectivity index (χ1n) is 6.85. The summed E-state index contributed by atoms with van der Waals surface area (Å²) in [5.74, 6) is 0. The number of benzene rings is 1. The second-order valence-electron chi connectivity index (χ2n) is 5.05. The van der Waals surface area contributed by atoms with Crippen LogP contribution < -0.4 is 5.32 Å². The molecule has 1 aromatic heterocycles. The Bertz CT molecular complexity index is 505. The van der Waals surface area contributed by atoms with Gasteiger partial charge in [-0.25, -0.2) is 4.98 Å². The predicted molar refractivity (Wildman–Crippen MR) is 82.7 cm³/mol. The van der Waals surface area contributed by atoms with E-state index in [2.05, 4.69) is 61.4 Å². The van der Waals surface area contributed by atoms with Crippen molar-refractivity contribution in [1.82, 2.24) is 10.3 Å². The maximum Gasteiger partial charge on any atom is 0.0900 e. The van der Waals surface area contributed by atoms with Crippen LogP contribution in [0, 0.1) is 13.8 Å². The van der Waals surface area contributed by atoms with E-state index in [9.17, 15) is 0 Å². The lowest BCUT2D eigenvalue weighted by Gasteiger charge is -2.13. The topological polar surface area (TPSA) is 24.9 Å². The van der Waals surface area contributed by atoms with Crippen LogP contribution in [-0.4, -0.2) is 11.0 Å². The lowest BCUT2D eigenvalue weighted by Crippen LogP contribution is -2.25. The number of hydrogen-bond acceptors (Lipinski definition) is 3. The number of hydrogen-bond donors (Lipinski definition) is 1. The highest BCUT2D eigenvalue weighted by Gasteiger charge is 2.07. The molecule has 19 heavy (non-hydrogen) atoms. The molecular weight excluding hydrogens is 252 g/mol. The zero-order chi connectivity index (χ0) is 13.7. The van der Waals surface area contributed by atoms with Gasteiger partial charge in [0.25, 0.3) is 0 Å². The molecule has 1 atom stereocenters. The van der Waals surface area contributed by atoms with Gasteiger partial charge < -0.3 is 5.32 Å². The van der Waals surface area contributed by atoms with Gasteiger partial charge in [0.05, 0.1) is 10.7 Å². The Morgan fingerprint density at radius 3 is 2.58 bits per heavy atom. The van der Waals surface area contributed by atoms with Crippen LogP contribution in [-0.2, 0) is 13.0 Å². The molecule has 2 rings (SSSR count). The smallest absolute Gasteiger partial charge is 0.0900 e. The fourth-order valence-corrected chi connectivity index (χ4v) is 3.02. The summed E-state index contributed by atoms with van der Waals surface area (Å²) >= 11 is 1.80. The fraction of sp³-hybridized carbons (Fsp3) is 0.438. The summed E-state index contributed by atoms with van der Waals surface area (Å²) in [4.78, 5) is 5.83. The van der Waals surface area contributed by atoms with Gasteiger partial charge in [-0.1, -0.05) is 30.3 Å². The van der Waals surface area contributed by atoms with Crippen molar-refractivity contribution in [3.05, 3.63) is 51.5 Å². The molecule has 0 spiro atoms. The van der Waals surface area contributed by atoms with Crippen molar-refractivity contribution in [2.24, 2.45) is 0 Å². The Hall–Kier alpha value is -1.19. The van der Waals surface area contributed by atoms with Crippen molar-refractivity contribution >= 4 is 11.3 Å². The third-order valence-electron chi connectivity index (χ3n) is 3.32. The first-order chi connectivity index (χ1) is 9.15. The second kappa shape index (κ2) is 6.83. The highest BCUT2D eigenvalue weighted by atomic mass is 32.1. The van der Waals surface area contributed by atoms with Gasteiger partial charge in [-0.05, 0) is 39.2 Å². The van der Waals surface area contributed by atoms with E-state index in [1.807, 2.05) is 0 Å². The van der Waals surface area contributed by atoms with Crippen molar-refractivity contribution in [3.63, 3.8) is 0 Å². The van der Waals surface area contributed by atoms with Gasteiger partial charge in [-0.15, -0.1) is 11.3 Å². The molecule has 0 fully saturated rings. The van der Waals surface area contributed by atoms with Crippen molar-refractivity contribution in [2.45, 2.75) is 46.2 Å². The number of aryl methyl sites for hydroxylation is 3. The van der Waals surface area contributed by atoms with Gasteiger partial charge in [0.2, 0.25) is 0 Å². The largest absolute Gasteiger partial charge is 0.309 e. The standard InChI is InChI=1S/C16H22N2S/c1-12(9-10-15-7-5-4-6-8-15)17-11-16-13(2)18-14(3)19-16/h4-8,12,17H,9-11H2,1-3H3.